The van der Waals surface area contributed by atoms with E-state index in [0.717, 1.165) is 58.2 Å². The van der Waals surface area contributed by atoms with Crippen LogP contribution in [0.5, 0.6) is 0 Å². The predicted octanol–water partition coefficient (Wildman–Crippen LogP) is 2.35. The number of amides is 3. The van der Waals surface area contributed by atoms with Crippen LogP contribution < -0.4 is 10.6 Å². The first kappa shape index (κ1) is 25.4. The largest absolute Gasteiger partial charge is 0.351 e. The molecule has 9 heteroatoms. The van der Waals surface area contributed by atoms with Crippen LogP contribution in [0, 0.1) is 0 Å². The number of benzene rings is 1. The molecule has 3 amide bonds. The SMILES string of the molecule is CCN1C(=O)c2cc(C(=O)NCCCN3CCc4ccccc4C3)nn2CC1(C)C(=O)NC1CCCC1. The monoisotopic (exact) mass is 506 g/mol. The van der Waals surface area contributed by atoms with E-state index < -0.39 is 5.54 Å². The van der Waals surface area contributed by atoms with Gasteiger partial charge in [-0.25, -0.2) is 0 Å². The smallest absolute Gasteiger partial charge is 0.273 e. The molecular weight excluding hydrogens is 468 g/mol. The zero-order chi connectivity index (χ0) is 26.0. The van der Waals surface area contributed by atoms with E-state index in [-0.39, 0.29) is 36.0 Å². The van der Waals surface area contributed by atoms with Gasteiger partial charge < -0.3 is 15.5 Å². The van der Waals surface area contributed by atoms with Crippen LogP contribution in [-0.4, -0.2) is 75.1 Å². The molecule has 1 aromatic heterocycles. The van der Waals surface area contributed by atoms with Crippen LogP contribution in [0.15, 0.2) is 30.3 Å². The summed E-state index contributed by atoms with van der Waals surface area (Å²) < 4.78 is 1.53. The van der Waals surface area contributed by atoms with Gasteiger partial charge in [0.2, 0.25) is 5.91 Å². The van der Waals surface area contributed by atoms with E-state index in [9.17, 15) is 14.4 Å². The Morgan fingerprint density at radius 2 is 1.92 bits per heavy atom. The molecule has 1 saturated carbocycles. The second-order valence-corrected chi connectivity index (χ2v) is 10.8. The van der Waals surface area contributed by atoms with Crippen LogP contribution in [-0.2, 0) is 24.3 Å². The van der Waals surface area contributed by atoms with Crippen molar-refractivity contribution in [2.24, 2.45) is 0 Å². The molecular formula is C28H38N6O3. The molecule has 0 bridgehead atoms. The molecule has 0 spiro atoms. The van der Waals surface area contributed by atoms with Gasteiger partial charge in [-0.05, 0) is 50.7 Å². The highest BCUT2D eigenvalue weighted by molar-refractivity contribution is 6.01. The minimum Gasteiger partial charge on any atom is -0.351 e. The summed E-state index contributed by atoms with van der Waals surface area (Å²) in [4.78, 5) is 43.5. The van der Waals surface area contributed by atoms with Crippen molar-refractivity contribution >= 4 is 17.7 Å². The van der Waals surface area contributed by atoms with Crippen molar-refractivity contribution in [1.29, 1.82) is 0 Å². The van der Waals surface area contributed by atoms with E-state index in [2.05, 4.69) is 44.9 Å². The Hall–Kier alpha value is -3.20. The fourth-order valence-corrected chi connectivity index (χ4v) is 6.00. The number of fused-ring (bicyclic) bond motifs is 2. The van der Waals surface area contributed by atoms with Gasteiger partial charge in [0, 0.05) is 44.8 Å². The third-order valence-electron chi connectivity index (χ3n) is 8.17. The summed E-state index contributed by atoms with van der Waals surface area (Å²) in [6, 6.07) is 10.3. The number of carbonyl (C=O) groups is 3. The molecule has 0 saturated heterocycles. The molecule has 3 aliphatic rings. The van der Waals surface area contributed by atoms with Crippen molar-refractivity contribution in [3.8, 4) is 0 Å². The Labute approximate surface area is 218 Å². The topological polar surface area (TPSA) is 99.6 Å². The first-order chi connectivity index (χ1) is 17.9. The number of nitrogens with one attached hydrogen (secondary N) is 2. The number of carbonyl (C=O) groups excluding carboxylic acids is 3. The van der Waals surface area contributed by atoms with Gasteiger partial charge in [0.15, 0.2) is 5.69 Å². The molecule has 1 unspecified atom stereocenters. The lowest BCUT2D eigenvalue weighted by Crippen LogP contribution is -2.64. The zero-order valence-corrected chi connectivity index (χ0v) is 22.0. The number of rotatable bonds is 8. The van der Waals surface area contributed by atoms with Gasteiger partial charge in [0.25, 0.3) is 11.8 Å². The Bertz CT molecular complexity index is 1170. The summed E-state index contributed by atoms with van der Waals surface area (Å²) in [6.45, 7) is 7.72. The van der Waals surface area contributed by atoms with Crippen molar-refractivity contribution < 1.29 is 14.4 Å². The van der Waals surface area contributed by atoms with Gasteiger partial charge in [-0.1, -0.05) is 37.1 Å². The molecule has 3 heterocycles. The predicted molar refractivity (Wildman–Crippen MR) is 140 cm³/mol. The van der Waals surface area contributed by atoms with Crippen LogP contribution >= 0.6 is 0 Å². The molecule has 37 heavy (non-hydrogen) atoms. The first-order valence-corrected chi connectivity index (χ1v) is 13.7. The van der Waals surface area contributed by atoms with E-state index in [1.807, 2.05) is 6.92 Å². The fourth-order valence-electron chi connectivity index (χ4n) is 6.00. The molecule has 2 aliphatic heterocycles. The van der Waals surface area contributed by atoms with Crippen molar-refractivity contribution in [1.82, 2.24) is 30.2 Å². The van der Waals surface area contributed by atoms with Gasteiger partial charge in [-0.15, -0.1) is 0 Å². The Balaban J connectivity index is 1.18. The van der Waals surface area contributed by atoms with E-state index >= 15 is 0 Å². The van der Waals surface area contributed by atoms with Crippen molar-refractivity contribution in [2.75, 3.05) is 26.2 Å². The van der Waals surface area contributed by atoms with Crippen LogP contribution in [0.1, 0.15) is 78.1 Å². The fraction of sp³-hybridized carbons (Fsp3) is 0.571. The highest BCUT2D eigenvalue weighted by atomic mass is 16.2. The van der Waals surface area contributed by atoms with Gasteiger partial charge in [-0.2, -0.15) is 5.10 Å². The lowest BCUT2D eigenvalue weighted by atomic mass is 9.94. The standard InChI is InChI=1S/C28H38N6O3/c1-3-33-26(36)24-17-23(31-34(24)19-28(33,2)27(37)30-22-11-6-7-12-22)25(35)29-14-8-15-32-16-13-20-9-4-5-10-21(20)18-32/h4-5,9-10,17,22H,3,6-8,11-16,18-19H2,1-2H3,(H,29,35)(H,30,37). The zero-order valence-electron chi connectivity index (χ0n) is 22.0. The van der Waals surface area contributed by atoms with Crippen molar-refractivity contribution in [3.63, 3.8) is 0 Å². The van der Waals surface area contributed by atoms with Crippen LogP contribution in [0.25, 0.3) is 0 Å². The third-order valence-corrected chi connectivity index (χ3v) is 8.17. The van der Waals surface area contributed by atoms with Crippen molar-refractivity contribution in [2.45, 2.75) is 77.0 Å². The van der Waals surface area contributed by atoms with E-state index in [1.165, 1.54) is 15.8 Å². The number of aromatic nitrogens is 2. The molecule has 1 fully saturated rings. The molecule has 1 aromatic carbocycles. The van der Waals surface area contributed by atoms with Gasteiger partial charge in [0.05, 0.1) is 6.54 Å². The molecule has 2 aromatic rings. The average Bonchev–Trinajstić information content (AvgIpc) is 3.57. The molecule has 5 rings (SSSR count). The minimum atomic E-state index is -1.05. The second-order valence-electron chi connectivity index (χ2n) is 10.8. The number of nitrogens with zero attached hydrogens (tertiary/aromatic N) is 4. The molecule has 1 atom stereocenters. The number of hydrogen-bond donors (Lipinski definition) is 2. The summed E-state index contributed by atoms with van der Waals surface area (Å²) >= 11 is 0. The summed E-state index contributed by atoms with van der Waals surface area (Å²) in [5, 5.41) is 10.5. The molecule has 1 aliphatic carbocycles. The minimum absolute atomic E-state index is 0.151. The van der Waals surface area contributed by atoms with Crippen molar-refractivity contribution in [3.05, 3.63) is 52.8 Å². The number of likely N-dealkylation sites (N-methyl/N-ethyl adjacent to an activating group) is 1. The van der Waals surface area contributed by atoms with Gasteiger partial charge in [0.1, 0.15) is 11.2 Å². The number of hydrogen-bond acceptors (Lipinski definition) is 5. The van der Waals surface area contributed by atoms with E-state index in [0.29, 0.717) is 18.8 Å². The maximum atomic E-state index is 13.3. The van der Waals surface area contributed by atoms with Gasteiger partial charge >= 0.3 is 0 Å². The third kappa shape index (κ3) is 5.14. The quantitative estimate of drug-likeness (QED) is 0.536. The normalized spacial score (nSPS) is 22.0. The molecule has 198 valence electrons. The second kappa shape index (κ2) is 10.7. The summed E-state index contributed by atoms with van der Waals surface area (Å²) in [5.74, 6) is -0.712. The summed E-state index contributed by atoms with van der Waals surface area (Å²) in [7, 11) is 0. The molecule has 9 nitrogen and oxygen atoms in total. The highest BCUT2D eigenvalue weighted by Crippen LogP contribution is 2.28. The lowest BCUT2D eigenvalue weighted by molar-refractivity contribution is -0.133. The first-order valence-electron chi connectivity index (χ1n) is 13.7. The Morgan fingerprint density at radius 1 is 1.16 bits per heavy atom. The summed E-state index contributed by atoms with van der Waals surface area (Å²) in [6.07, 6.45) is 6.08. The van der Waals surface area contributed by atoms with Crippen LogP contribution in [0.2, 0.25) is 0 Å². The van der Waals surface area contributed by atoms with Crippen LogP contribution in [0.4, 0.5) is 0 Å². The van der Waals surface area contributed by atoms with E-state index in [4.69, 9.17) is 0 Å². The average molecular weight is 507 g/mol. The Morgan fingerprint density at radius 3 is 2.68 bits per heavy atom. The molecule has 0 radical (unpaired) electrons. The maximum Gasteiger partial charge on any atom is 0.273 e. The highest BCUT2D eigenvalue weighted by Gasteiger charge is 2.48. The maximum absolute atomic E-state index is 13.3. The summed E-state index contributed by atoms with van der Waals surface area (Å²) in [5.41, 5.74) is 2.33. The lowest BCUT2D eigenvalue weighted by Gasteiger charge is -2.43. The Kier molecular flexibility index (Phi) is 7.33. The van der Waals surface area contributed by atoms with Gasteiger partial charge in [-0.3, -0.25) is 24.0 Å². The van der Waals surface area contributed by atoms with Crippen LogP contribution in [0.3, 0.4) is 0 Å². The van der Waals surface area contributed by atoms with E-state index in [1.54, 1.807) is 17.9 Å². The molecule has 2 N–H and O–H groups in total.